The molecule has 0 bridgehead atoms. The first-order valence-corrected chi connectivity index (χ1v) is 14.2. The van der Waals surface area contributed by atoms with Crippen LogP contribution in [0.1, 0.15) is 70.0 Å². The maximum atomic E-state index is 14.5. The molecule has 1 spiro atoms. The number of ether oxygens (including phenoxy) is 1. The summed E-state index contributed by atoms with van der Waals surface area (Å²) in [5.41, 5.74) is 4.25. The van der Waals surface area contributed by atoms with Crippen molar-refractivity contribution in [3.63, 3.8) is 0 Å². The SMILES string of the molecule is COc1ccc(C(=O)NC2CCc3ccc(C(=O)N4CCC5(CC4)CCN(c4ccncc4)CC5)cc32)c(F)c1. The number of carbonyl (C=O) groups excluding carboxylic acids is 2. The summed E-state index contributed by atoms with van der Waals surface area (Å²) >= 11 is 0. The van der Waals surface area contributed by atoms with Crippen molar-refractivity contribution in [1.29, 1.82) is 0 Å². The number of pyridine rings is 1. The highest BCUT2D eigenvalue weighted by Gasteiger charge is 2.39. The van der Waals surface area contributed by atoms with Crippen LogP contribution in [0.2, 0.25) is 0 Å². The second-order valence-electron chi connectivity index (χ2n) is 11.3. The van der Waals surface area contributed by atoms with E-state index in [2.05, 4.69) is 27.3 Å². The van der Waals surface area contributed by atoms with Gasteiger partial charge in [0.05, 0.1) is 18.7 Å². The standard InChI is InChI=1S/C32H35FN4O3/c1-40-25-5-6-26(28(33)21-25)30(38)35-29-7-4-22-2-3-23(20-27(22)29)31(39)37-18-12-32(13-19-37)10-16-36(17-11-32)24-8-14-34-15-9-24/h2-3,5-6,8-9,14-15,20-21,29H,4,7,10-13,16-19H2,1H3,(H,35,38). The normalized spacial score (nSPS) is 19.8. The van der Waals surface area contributed by atoms with Gasteiger partial charge in [0.25, 0.3) is 11.8 Å². The van der Waals surface area contributed by atoms with Crippen molar-refractivity contribution in [2.45, 2.75) is 44.6 Å². The Labute approximate surface area is 234 Å². The molecular weight excluding hydrogens is 507 g/mol. The van der Waals surface area contributed by atoms with Crippen LogP contribution in [0.15, 0.2) is 60.9 Å². The molecule has 7 nitrogen and oxygen atoms in total. The lowest BCUT2D eigenvalue weighted by molar-refractivity contribution is 0.0515. The number of methoxy groups -OCH3 is 1. The van der Waals surface area contributed by atoms with Crippen LogP contribution < -0.4 is 15.0 Å². The van der Waals surface area contributed by atoms with E-state index in [1.807, 2.05) is 35.5 Å². The van der Waals surface area contributed by atoms with Crippen molar-refractivity contribution in [3.8, 4) is 5.75 Å². The second kappa shape index (κ2) is 10.9. The molecule has 0 saturated carbocycles. The lowest BCUT2D eigenvalue weighted by Crippen LogP contribution is -2.48. The summed E-state index contributed by atoms with van der Waals surface area (Å²) in [6.45, 7) is 3.61. The third kappa shape index (κ3) is 5.15. The number of aromatic nitrogens is 1. The molecule has 1 atom stereocenters. The molecule has 6 rings (SSSR count). The van der Waals surface area contributed by atoms with Crippen LogP contribution in [-0.2, 0) is 6.42 Å². The first-order valence-electron chi connectivity index (χ1n) is 14.2. The molecule has 1 N–H and O–H groups in total. The van der Waals surface area contributed by atoms with Crippen molar-refractivity contribution >= 4 is 17.5 Å². The van der Waals surface area contributed by atoms with Crippen molar-refractivity contribution in [3.05, 3.63) is 89.0 Å². The highest BCUT2D eigenvalue weighted by molar-refractivity contribution is 5.96. The predicted octanol–water partition coefficient (Wildman–Crippen LogP) is 5.17. The van der Waals surface area contributed by atoms with E-state index in [4.69, 9.17) is 4.74 Å². The van der Waals surface area contributed by atoms with Gasteiger partial charge in [-0.1, -0.05) is 6.07 Å². The van der Waals surface area contributed by atoms with E-state index in [0.717, 1.165) is 75.8 Å². The second-order valence-corrected chi connectivity index (χ2v) is 11.3. The Morgan fingerprint density at radius 3 is 2.40 bits per heavy atom. The fraction of sp³-hybridized carbons (Fsp3) is 0.406. The first kappa shape index (κ1) is 26.3. The Morgan fingerprint density at radius 2 is 1.70 bits per heavy atom. The fourth-order valence-electron chi connectivity index (χ4n) is 6.59. The van der Waals surface area contributed by atoms with E-state index in [1.165, 1.54) is 24.9 Å². The number of benzene rings is 2. The van der Waals surface area contributed by atoms with Crippen molar-refractivity contribution in [2.75, 3.05) is 38.2 Å². The first-order chi connectivity index (χ1) is 19.4. The van der Waals surface area contributed by atoms with Gasteiger partial charge < -0.3 is 19.9 Å². The van der Waals surface area contributed by atoms with Crippen molar-refractivity contribution in [1.82, 2.24) is 15.2 Å². The number of nitrogens with one attached hydrogen (secondary N) is 1. The van der Waals surface area contributed by atoms with Crippen LogP contribution in [0.5, 0.6) is 5.75 Å². The van der Waals surface area contributed by atoms with Crippen molar-refractivity contribution < 1.29 is 18.7 Å². The maximum Gasteiger partial charge on any atom is 0.254 e. The fourth-order valence-corrected chi connectivity index (χ4v) is 6.59. The number of hydrogen-bond donors (Lipinski definition) is 1. The Bertz CT molecular complexity index is 1390. The van der Waals surface area contributed by atoms with Crippen LogP contribution >= 0.6 is 0 Å². The van der Waals surface area contributed by atoms with Crippen LogP contribution in [0.4, 0.5) is 10.1 Å². The van der Waals surface area contributed by atoms with Gasteiger partial charge in [-0.05, 0) is 91.5 Å². The van der Waals surface area contributed by atoms with Gasteiger partial charge in [-0.25, -0.2) is 4.39 Å². The van der Waals surface area contributed by atoms with E-state index in [1.54, 1.807) is 6.07 Å². The number of piperidine rings is 2. The third-order valence-electron chi connectivity index (χ3n) is 9.16. The molecule has 3 heterocycles. The lowest BCUT2D eigenvalue weighted by atomic mass is 9.71. The minimum Gasteiger partial charge on any atom is -0.497 e. The van der Waals surface area contributed by atoms with Crippen LogP contribution in [0, 0.1) is 11.2 Å². The van der Waals surface area contributed by atoms with Gasteiger partial charge in [0, 0.05) is 55.9 Å². The number of fused-ring (bicyclic) bond motifs is 1. The number of likely N-dealkylation sites (tertiary alicyclic amines) is 1. The number of halogens is 1. The number of aryl methyl sites for hydroxylation is 1. The molecule has 1 aliphatic carbocycles. The summed E-state index contributed by atoms with van der Waals surface area (Å²) < 4.78 is 19.5. The van der Waals surface area contributed by atoms with Gasteiger partial charge in [-0.3, -0.25) is 14.6 Å². The molecule has 8 heteroatoms. The number of carbonyl (C=O) groups is 2. The van der Waals surface area contributed by atoms with E-state index in [-0.39, 0.29) is 17.5 Å². The molecule has 2 saturated heterocycles. The zero-order chi connectivity index (χ0) is 27.7. The molecule has 2 aromatic carbocycles. The number of nitrogens with zero attached hydrogens (tertiary/aromatic N) is 3. The quantitative estimate of drug-likeness (QED) is 0.482. The number of amides is 2. The molecule has 40 heavy (non-hydrogen) atoms. The zero-order valence-corrected chi connectivity index (χ0v) is 22.9. The molecule has 3 aliphatic rings. The Hall–Kier alpha value is -3.94. The van der Waals surface area contributed by atoms with E-state index < -0.39 is 11.7 Å². The average Bonchev–Trinajstić information content (AvgIpc) is 3.39. The molecule has 2 aliphatic heterocycles. The number of rotatable bonds is 5. The van der Waals surface area contributed by atoms with Gasteiger partial charge in [-0.15, -0.1) is 0 Å². The molecule has 1 unspecified atom stereocenters. The summed E-state index contributed by atoms with van der Waals surface area (Å²) in [6, 6.07) is 13.9. The molecule has 208 valence electrons. The molecule has 0 radical (unpaired) electrons. The number of hydrogen-bond acceptors (Lipinski definition) is 5. The van der Waals surface area contributed by atoms with E-state index >= 15 is 0 Å². The summed E-state index contributed by atoms with van der Waals surface area (Å²) in [5, 5.41) is 2.98. The average molecular weight is 543 g/mol. The Balaban J connectivity index is 1.08. The van der Waals surface area contributed by atoms with Crippen LogP contribution in [-0.4, -0.2) is 55.0 Å². The third-order valence-corrected chi connectivity index (χ3v) is 9.16. The van der Waals surface area contributed by atoms with Gasteiger partial charge in [-0.2, -0.15) is 0 Å². The molecule has 2 fully saturated rings. The Kier molecular flexibility index (Phi) is 7.17. The predicted molar refractivity (Wildman–Crippen MR) is 151 cm³/mol. The topological polar surface area (TPSA) is 74.8 Å². The van der Waals surface area contributed by atoms with Gasteiger partial charge >= 0.3 is 0 Å². The number of anilines is 1. The Morgan fingerprint density at radius 1 is 0.975 bits per heavy atom. The summed E-state index contributed by atoms with van der Waals surface area (Å²) in [5.74, 6) is -0.677. The maximum absolute atomic E-state index is 14.5. The highest BCUT2D eigenvalue weighted by atomic mass is 19.1. The highest BCUT2D eigenvalue weighted by Crippen LogP contribution is 2.42. The van der Waals surface area contributed by atoms with Gasteiger partial charge in [0.15, 0.2) is 0 Å². The largest absolute Gasteiger partial charge is 0.497 e. The molecular formula is C32H35FN4O3. The minimum absolute atomic E-state index is 0.0182. The van der Waals surface area contributed by atoms with E-state index in [0.29, 0.717) is 16.7 Å². The summed E-state index contributed by atoms with van der Waals surface area (Å²) in [4.78, 5) is 35.0. The summed E-state index contributed by atoms with van der Waals surface area (Å²) in [6.07, 6.45) is 9.57. The lowest BCUT2D eigenvalue weighted by Gasteiger charge is -2.47. The van der Waals surface area contributed by atoms with Crippen molar-refractivity contribution in [2.24, 2.45) is 5.41 Å². The molecule has 3 aromatic rings. The summed E-state index contributed by atoms with van der Waals surface area (Å²) in [7, 11) is 1.46. The van der Waals surface area contributed by atoms with E-state index in [9.17, 15) is 14.0 Å². The zero-order valence-electron chi connectivity index (χ0n) is 22.9. The van der Waals surface area contributed by atoms with Gasteiger partial charge in [0.1, 0.15) is 11.6 Å². The smallest absolute Gasteiger partial charge is 0.254 e. The molecule has 1 aromatic heterocycles. The van der Waals surface area contributed by atoms with Gasteiger partial charge in [0.2, 0.25) is 0 Å². The monoisotopic (exact) mass is 542 g/mol. The van der Waals surface area contributed by atoms with Crippen LogP contribution in [0.3, 0.4) is 0 Å². The van der Waals surface area contributed by atoms with Crippen LogP contribution in [0.25, 0.3) is 0 Å². The minimum atomic E-state index is -0.620. The molecule has 2 amide bonds.